The van der Waals surface area contributed by atoms with Crippen LogP contribution in [0, 0.1) is 23.7 Å². The Bertz CT molecular complexity index is 298. The summed E-state index contributed by atoms with van der Waals surface area (Å²) in [5.74, 6) is 3.96. The quantitative estimate of drug-likeness (QED) is 0.752. The van der Waals surface area contributed by atoms with Crippen LogP contribution in [0.1, 0.15) is 84.5 Å². The van der Waals surface area contributed by atoms with Crippen LogP contribution >= 0.6 is 0 Å². The average Bonchev–Trinajstić information content (AvgIpc) is 2.47. The summed E-state index contributed by atoms with van der Waals surface area (Å²) >= 11 is 0. The molecule has 0 radical (unpaired) electrons. The van der Waals surface area contributed by atoms with Gasteiger partial charge in [-0.05, 0) is 55.8 Å². The lowest BCUT2D eigenvalue weighted by atomic mass is 9.69. The summed E-state index contributed by atoms with van der Waals surface area (Å²) in [6, 6.07) is 1.67. The molecule has 3 aliphatic carbocycles. The van der Waals surface area contributed by atoms with Crippen LogP contribution in [0.15, 0.2) is 0 Å². The van der Waals surface area contributed by atoms with E-state index in [1.165, 1.54) is 70.6 Å². The van der Waals surface area contributed by atoms with Gasteiger partial charge in [-0.15, -0.1) is 0 Å². The molecule has 3 aliphatic rings. The average molecular weight is 277 g/mol. The number of nitrogens with one attached hydrogen (secondary N) is 1. The minimum absolute atomic E-state index is 0.828. The molecule has 0 aromatic heterocycles. The zero-order valence-electron chi connectivity index (χ0n) is 13.7. The summed E-state index contributed by atoms with van der Waals surface area (Å²) < 4.78 is 0. The Morgan fingerprint density at radius 3 is 2.25 bits per heavy atom. The van der Waals surface area contributed by atoms with Crippen molar-refractivity contribution in [2.24, 2.45) is 23.7 Å². The molecule has 3 rings (SSSR count). The van der Waals surface area contributed by atoms with E-state index in [4.69, 9.17) is 0 Å². The van der Waals surface area contributed by atoms with E-state index in [1.54, 1.807) is 0 Å². The number of hydrogen-bond donors (Lipinski definition) is 1. The van der Waals surface area contributed by atoms with Crippen molar-refractivity contribution in [3.63, 3.8) is 0 Å². The Morgan fingerprint density at radius 1 is 0.750 bits per heavy atom. The fraction of sp³-hybridized carbons (Fsp3) is 1.00. The second-order valence-electron chi connectivity index (χ2n) is 8.28. The van der Waals surface area contributed by atoms with Crippen LogP contribution in [0.3, 0.4) is 0 Å². The van der Waals surface area contributed by atoms with Gasteiger partial charge in [-0.2, -0.15) is 0 Å². The third kappa shape index (κ3) is 3.40. The van der Waals surface area contributed by atoms with E-state index in [-0.39, 0.29) is 0 Å². The van der Waals surface area contributed by atoms with Gasteiger partial charge in [0.1, 0.15) is 0 Å². The lowest BCUT2D eigenvalue weighted by Crippen LogP contribution is -2.48. The predicted octanol–water partition coefficient (Wildman–Crippen LogP) is 5.15. The fourth-order valence-electron chi connectivity index (χ4n) is 5.49. The third-order valence-electron chi connectivity index (χ3n) is 6.67. The summed E-state index contributed by atoms with van der Waals surface area (Å²) in [7, 11) is 0. The standard InChI is InChI=1S/C19H35N/c1-14(2)18-9-5-6-10-19(18)20-17-12-11-15-7-3-4-8-16(15)13-17/h14-20H,3-13H2,1-2H3. The highest BCUT2D eigenvalue weighted by molar-refractivity contribution is 4.90. The smallest absolute Gasteiger partial charge is 0.0100 e. The zero-order valence-corrected chi connectivity index (χ0v) is 13.7. The molecule has 0 saturated heterocycles. The van der Waals surface area contributed by atoms with Crippen LogP contribution < -0.4 is 5.32 Å². The monoisotopic (exact) mass is 277 g/mol. The molecule has 0 spiro atoms. The van der Waals surface area contributed by atoms with E-state index in [9.17, 15) is 0 Å². The summed E-state index contributed by atoms with van der Waals surface area (Å²) in [5, 5.41) is 4.12. The predicted molar refractivity (Wildman–Crippen MR) is 86.8 cm³/mol. The van der Waals surface area contributed by atoms with Crippen molar-refractivity contribution in [3.05, 3.63) is 0 Å². The lowest BCUT2D eigenvalue weighted by Gasteiger charge is -2.43. The lowest BCUT2D eigenvalue weighted by molar-refractivity contribution is 0.117. The second-order valence-corrected chi connectivity index (χ2v) is 8.28. The van der Waals surface area contributed by atoms with Crippen molar-refractivity contribution in [1.82, 2.24) is 5.32 Å². The molecule has 0 aromatic carbocycles. The Labute approximate surface area is 126 Å². The molecule has 0 heterocycles. The SMILES string of the molecule is CC(C)C1CCCCC1NC1CCC2CCCCC2C1. The van der Waals surface area contributed by atoms with Gasteiger partial charge >= 0.3 is 0 Å². The van der Waals surface area contributed by atoms with Gasteiger partial charge in [-0.1, -0.05) is 52.4 Å². The molecule has 0 aromatic rings. The summed E-state index contributed by atoms with van der Waals surface area (Å²) in [5.41, 5.74) is 0. The maximum Gasteiger partial charge on any atom is 0.0100 e. The molecule has 0 aliphatic heterocycles. The molecule has 0 bridgehead atoms. The molecule has 5 unspecified atom stereocenters. The van der Waals surface area contributed by atoms with Gasteiger partial charge < -0.3 is 5.32 Å². The Kier molecular flexibility index (Phi) is 5.07. The highest BCUT2D eigenvalue weighted by Crippen LogP contribution is 2.41. The molecule has 116 valence electrons. The van der Waals surface area contributed by atoms with Gasteiger partial charge in [0.05, 0.1) is 0 Å². The van der Waals surface area contributed by atoms with Crippen LogP contribution in [0.25, 0.3) is 0 Å². The Morgan fingerprint density at radius 2 is 1.45 bits per heavy atom. The van der Waals surface area contributed by atoms with E-state index in [0.717, 1.165) is 35.8 Å². The second kappa shape index (κ2) is 6.81. The van der Waals surface area contributed by atoms with Crippen LogP contribution in [-0.4, -0.2) is 12.1 Å². The van der Waals surface area contributed by atoms with Crippen molar-refractivity contribution < 1.29 is 0 Å². The summed E-state index contributed by atoms with van der Waals surface area (Å²) in [4.78, 5) is 0. The molecule has 1 heteroatoms. The van der Waals surface area contributed by atoms with E-state index >= 15 is 0 Å². The Hall–Kier alpha value is -0.0400. The van der Waals surface area contributed by atoms with Crippen molar-refractivity contribution in [2.75, 3.05) is 0 Å². The minimum atomic E-state index is 0.828. The van der Waals surface area contributed by atoms with Crippen LogP contribution in [0.4, 0.5) is 0 Å². The van der Waals surface area contributed by atoms with E-state index in [2.05, 4.69) is 19.2 Å². The first-order chi connectivity index (χ1) is 9.74. The molecule has 20 heavy (non-hydrogen) atoms. The molecule has 3 saturated carbocycles. The Balaban J connectivity index is 1.54. The highest BCUT2D eigenvalue weighted by Gasteiger charge is 2.35. The number of fused-ring (bicyclic) bond motifs is 1. The van der Waals surface area contributed by atoms with Crippen molar-refractivity contribution >= 4 is 0 Å². The maximum atomic E-state index is 4.12. The van der Waals surface area contributed by atoms with Crippen LogP contribution in [0.5, 0.6) is 0 Å². The third-order valence-corrected chi connectivity index (χ3v) is 6.67. The molecule has 5 atom stereocenters. The minimum Gasteiger partial charge on any atom is -0.311 e. The van der Waals surface area contributed by atoms with Gasteiger partial charge in [0.25, 0.3) is 0 Å². The molecule has 1 N–H and O–H groups in total. The van der Waals surface area contributed by atoms with Crippen LogP contribution in [0.2, 0.25) is 0 Å². The summed E-state index contributed by atoms with van der Waals surface area (Å²) in [6.07, 6.45) is 16.4. The fourth-order valence-corrected chi connectivity index (χ4v) is 5.49. The van der Waals surface area contributed by atoms with Gasteiger partial charge in [0.2, 0.25) is 0 Å². The van der Waals surface area contributed by atoms with Crippen molar-refractivity contribution in [3.8, 4) is 0 Å². The highest BCUT2D eigenvalue weighted by atomic mass is 15.0. The van der Waals surface area contributed by atoms with Gasteiger partial charge in [0.15, 0.2) is 0 Å². The first kappa shape index (κ1) is 14.9. The zero-order chi connectivity index (χ0) is 13.9. The molecule has 3 fully saturated rings. The molecule has 0 amide bonds. The molecular weight excluding hydrogens is 242 g/mol. The maximum absolute atomic E-state index is 4.12. The molecular formula is C19H35N. The van der Waals surface area contributed by atoms with Crippen molar-refractivity contribution in [1.29, 1.82) is 0 Å². The van der Waals surface area contributed by atoms with Crippen LogP contribution in [-0.2, 0) is 0 Å². The van der Waals surface area contributed by atoms with E-state index in [1.807, 2.05) is 0 Å². The van der Waals surface area contributed by atoms with Gasteiger partial charge in [-0.25, -0.2) is 0 Å². The van der Waals surface area contributed by atoms with Crippen molar-refractivity contribution in [2.45, 2.75) is 96.6 Å². The number of hydrogen-bond acceptors (Lipinski definition) is 1. The van der Waals surface area contributed by atoms with Gasteiger partial charge in [-0.3, -0.25) is 0 Å². The normalized spacial score (nSPS) is 42.5. The first-order valence-corrected chi connectivity index (χ1v) is 9.50. The van der Waals surface area contributed by atoms with E-state index < -0.39 is 0 Å². The largest absolute Gasteiger partial charge is 0.311 e. The topological polar surface area (TPSA) is 12.0 Å². The summed E-state index contributed by atoms with van der Waals surface area (Å²) in [6.45, 7) is 4.87. The first-order valence-electron chi connectivity index (χ1n) is 9.50. The van der Waals surface area contributed by atoms with Gasteiger partial charge in [0, 0.05) is 12.1 Å². The molecule has 1 nitrogen and oxygen atoms in total. The van der Waals surface area contributed by atoms with E-state index in [0.29, 0.717) is 0 Å². The number of rotatable bonds is 3.